The number of hydrogen-bond acceptors (Lipinski definition) is 5. The molecule has 126 valence electrons. The second-order valence-corrected chi connectivity index (χ2v) is 5.48. The number of nitrogens with zero attached hydrogens (tertiary/aromatic N) is 2. The van der Waals surface area contributed by atoms with E-state index in [1.807, 2.05) is 4.90 Å². The average molecular weight is 321 g/mol. The van der Waals surface area contributed by atoms with Gasteiger partial charge in [0, 0.05) is 31.7 Å². The fourth-order valence-electron chi connectivity index (χ4n) is 2.64. The van der Waals surface area contributed by atoms with Crippen molar-refractivity contribution in [1.82, 2.24) is 9.80 Å². The van der Waals surface area contributed by atoms with Crippen LogP contribution >= 0.6 is 0 Å². The number of rotatable bonds is 5. The molecule has 7 heteroatoms. The molecule has 0 aromatic heterocycles. The molecule has 2 rings (SSSR count). The van der Waals surface area contributed by atoms with Crippen molar-refractivity contribution in [2.45, 2.75) is 13.0 Å². The maximum absolute atomic E-state index is 12.6. The van der Waals surface area contributed by atoms with Crippen LogP contribution in [0.3, 0.4) is 0 Å². The monoisotopic (exact) mass is 321 g/mol. The van der Waals surface area contributed by atoms with E-state index in [-0.39, 0.29) is 17.9 Å². The molecule has 0 radical (unpaired) electrons. The molecule has 0 saturated carbocycles. The molecule has 1 heterocycles. The summed E-state index contributed by atoms with van der Waals surface area (Å²) in [5.74, 6) is 0.713. The predicted molar refractivity (Wildman–Crippen MR) is 85.7 cm³/mol. The lowest BCUT2D eigenvalue weighted by molar-refractivity contribution is -0.123. The smallest absolute Gasteiger partial charge is 0.254 e. The number of ether oxygens (including phenoxy) is 2. The number of benzene rings is 1. The van der Waals surface area contributed by atoms with Crippen LogP contribution in [0.15, 0.2) is 18.2 Å². The third-order valence-electron chi connectivity index (χ3n) is 4.19. The summed E-state index contributed by atoms with van der Waals surface area (Å²) in [6.45, 7) is 4.16. The molecule has 7 nitrogen and oxygen atoms in total. The third kappa shape index (κ3) is 3.73. The Hall–Kier alpha value is -2.28. The van der Waals surface area contributed by atoms with Crippen LogP contribution in [0, 0.1) is 0 Å². The first kappa shape index (κ1) is 17.1. The van der Waals surface area contributed by atoms with Gasteiger partial charge in [0.15, 0.2) is 11.5 Å². The molecule has 1 aliphatic rings. The van der Waals surface area contributed by atoms with E-state index in [4.69, 9.17) is 15.2 Å². The van der Waals surface area contributed by atoms with Crippen LogP contribution in [0.5, 0.6) is 11.5 Å². The quantitative estimate of drug-likeness (QED) is 0.845. The Morgan fingerprint density at radius 3 is 2.22 bits per heavy atom. The Bertz CT molecular complexity index is 583. The van der Waals surface area contributed by atoms with Gasteiger partial charge in [-0.25, -0.2) is 0 Å². The normalized spacial score (nSPS) is 16.7. The lowest BCUT2D eigenvalue weighted by Crippen LogP contribution is -2.54. The molecular weight excluding hydrogens is 298 g/mol. The molecule has 2 N–H and O–H groups in total. The van der Waals surface area contributed by atoms with Gasteiger partial charge in [-0.05, 0) is 25.1 Å². The first-order chi connectivity index (χ1) is 11.0. The fraction of sp³-hybridized carbons (Fsp3) is 0.500. The fourth-order valence-corrected chi connectivity index (χ4v) is 2.64. The topological polar surface area (TPSA) is 85.1 Å². The van der Waals surface area contributed by atoms with E-state index in [0.29, 0.717) is 43.2 Å². The Morgan fingerprint density at radius 1 is 1.09 bits per heavy atom. The highest BCUT2D eigenvalue weighted by atomic mass is 16.5. The van der Waals surface area contributed by atoms with Crippen molar-refractivity contribution in [2.75, 3.05) is 40.4 Å². The summed E-state index contributed by atoms with van der Waals surface area (Å²) in [6.07, 6.45) is 0. The summed E-state index contributed by atoms with van der Waals surface area (Å²) in [4.78, 5) is 27.6. The number of primary amides is 1. The molecule has 1 aliphatic heterocycles. The Kier molecular flexibility index (Phi) is 5.44. The summed E-state index contributed by atoms with van der Waals surface area (Å²) in [5, 5.41) is 0. The molecule has 1 fully saturated rings. The third-order valence-corrected chi connectivity index (χ3v) is 4.19. The minimum Gasteiger partial charge on any atom is -0.493 e. The number of piperazine rings is 1. The standard InChI is InChI=1S/C16H23N3O4/c1-11(15(17)20)18-6-8-19(9-7-18)16(21)12-4-5-13(22-2)14(10-12)23-3/h4-5,10-11H,6-9H2,1-3H3,(H2,17,20). The zero-order chi connectivity index (χ0) is 17.0. The maximum Gasteiger partial charge on any atom is 0.254 e. The second-order valence-electron chi connectivity index (χ2n) is 5.48. The molecule has 1 aromatic carbocycles. The molecule has 1 atom stereocenters. The van der Waals surface area contributed by atoms with Crippen LogP contribution in [0.1, 0.15) is 17.3 Å². The lowest BCUT2D eigenvalue weighted by Gasteiger charge is -2.37. The van der Waals surface area contributed by atoms with Crippen molar-refractivity contribution < 1.29 is 19.1 Å². The molecule has 0 bridgehead atoms. The van der Waals surface area contributed by atoms with Crippen molar-refractivity contribution in [3.8, 4) is 11.5 Å². The zero-order valence-corrected chi connectivity index (χ0v) is 13.7. The summed E-state index contributed by atoms with van der Waals surface area (Å²) in [6, 6.07) is 4.81. The highest BCUT2D eigenvalue weighted by Crippen LogP contribution is 2.28. The molecular formula is C16H23N3O4. The van der Waals surface area contributed by atoms with E-state index in [1.54, 1.807) is 37.1 Å². The van der Waals surface area contributed by atoms with Gasteiger partial charge >= 0.3 is 0 Å². The Morgan fingerprint density at radius 2 is 1.70 bits per heavy atom. The summed E-state index contributed by atoms with van der Waals surface area (Å²) >= 11 is 0. The lowest BCUT2D eigenvalue weighted by atomic mass is 10.1. The number of amides is 2. The Balaban J connectivity index is 2.04. The van der Waals surface area contributed by atoms with E-state index in [1.165, 1.54) is 7.11 Å². The first-order valence-electron chi connectivity index (χ1n) is 7.52. The molecule has 23 heavy (non-hydrogen) atoms. The molecule has 1 saturated heterocycles. The minimum atomic E-state index is -0.343. The van der Waals surface area contributed by atoms with Gasteiger partial charge in [0.2, 0.25) is 5.91 Å². The van der Waals surface area contributed by atoms with Crippen molar-refractivity contribution >= 4 is 11.8 Å². The predicted octanol–water partition coefficient (Wildman–Crippen LogP) is 0.335. The highest BCUT2D eigenvalue weighted by molar-refractivity contribution is 5.95. The van der Waals surface area contributed by atoms with Crippen LogP contribution in [-0.4, -0.2) is 68.1 Å². The SMILES string of the molecule is COc1ccc(C(=O)N2CCN(C(C)C(N)=O)CC2)cc1OC. The largest absolute Gasteiger partial charge is 0.493 e. The summed E-state index contributed by atoms with van der Waals surface area (Å²) in [5.41, 5.74) is 5.88. The van der Waals surface area contributed by atoms with Crippen LogP contribution in [-0.2, 0) is 4.79 Å². The van der Waals surface area contributed by atoms with E-state index in [0.717, 1.165) is 0 Å². The van der Waals surface area contributed by atoms with Crippen molar-refractivity contribution in [3.63, 3.8) is 0 Å². The van der Waals surface area contributed by atoms with Crippen LogP contribution < -0.4 is 15.2 Å². The maximum atomic E-state index is 12.6. The highest BCUT2D eigenvalue weighted by Gasteiger charge is 2.27. The summed E-state index contributed by atoms with van der Waals surface area (Å²) < 4.78 is 10.4. The minimum absolute atomic E-state index is 0.0580. The average Bonchev–Trinajstić information content (AvgIpc) is 2.59. The number of carbonyl (C=O) groups excluding carboxylic acids is 2. The van der Waals surface area contributed by atoms with Gasteiger partial charge in [0.05, 0.1) is 20.3 Å². The number of methoxy groups -OCH3 is 2. The van der Waals surface area contributed by atoms with Crippen molar-refractivity contribution in [2.24, 2.45) is 5.73 Å². The van der Waals surface area contributed by atoms with Gasteiger partial charge < -0.3 is 20.1 Å². The van der Waals surface area contributed by atoms with E-state index in [2.05, 4.69) is 0 Å². The van der Waals surface area contributed by atoms with Gasteiger partial charge in [-0.1, -0.05) is 0 Å². The zero-order valence-electron chi connectivity index (χ0n) is 13.7. The molecule has 2 amide bonds. The van der Waals surface area contributed by atoms with Gasteiger partial charge in [-0.2, -0.15) is 0 Å². The molecule has 1 aromatic rings. The van der Waals surface area contributed by atoms with Crippen LogP contribution in [0.4, 0.5) is 0 Å². The van der Waals surface area contributed by atoms with Crippen LogP contribution in [0.25, 0.3) is 0 Å². The number of hydrogen-bond donors (Lipinski definition) is 1. The number of carbonyl (C=O) groups is 2. The molecule has 1 unspecified atom stereocenters. The van der Waals surface area contributed by atoms with Gasteiger partial charge in [0.25, 0.3) is 5.91 Å². The second kappa shape index (κ2) is 7.32. The van der Waals surface area contributed by atoms with Crippen molar-refractivity contribution in [3.05, 3.63) is 23.8 Å². The van der Waals surface area contributed by atoms with Gasteiger partial charge in [-0.15, -0.1) is 0 Å². The molecule has 0 spiro atoms. The van der Waals surface area contributed by atoms with Crippen LogP contribution in [0.2, 0.25) is 0 Å². The number of nitrogens with two attached hydrogens (primary N) is 1. The first-order valence-corrected chi connectivity index (χ1v) is 7.52. The van der Waals surface area contributed by atoms with Gasteiger partial charge in [0.1, 0.15) is 0 Å². The van der Waals surface area contributed by atoms with E-state index in [9.17, 15) is 9.59 Å². The van der Waals surface area contributed by atoms with E-state index >= 15 is 0 Å². The van der Waals surface area contributed by atoms with Gasteiger partial charge in [-0.3, -0.25) is 14.5 Å². The Labute approximate surface area is 135 Å². The van der Waals surface area contributed by atoms with Crippen molar-refractivity contribution in [1.29, 1.82) is 0 Å². The summed E-state index contributed by atoms with van der Waals surface area (Å²) in [7, 11) is 3.09. The van der Waals surface area contributed by atoms with E-state index < -0.39 is 0 Å². The molecule has 0 aliphatic carbocycles.